The van der Waals surface area contributed by atoms with E-state index in [1.54, 1.807) is 18.2 Å². The number of nitrogens with zero attached hydrogens (tertiary/aromatic N) is 1. The van der Waals surface area contributed by atoms with E-state index in [0.717, 1.165) is 5.56 Å². The smallest absolute Gasteiger partial charge is 0.236 e. The van der Waals surface area contributed by atoms with E-state index in [-0.39, 0.29) is 11.7 Å². The van der Waals surface area contributed by atoms with Gasteiger partial charge in [0.15, 0.2) is 0 Å². The number of carbonyl (C=O) groups excluding carboxylic acids is 1. The highest BCUT2D eigenvalue weighted by molar-refractivity contribution is 7.81. The fourth-order valence-corrected chi connectivity index (χ4v) is 1.47. The molecule has 0 saturated carbocycles. The first-order valence-electron chi connectivity index (χ1n) is 4.82. The van der Waals surface area contributed by atoms with Crippen molar-refractivity contribution in [1.29, 1.82) is 0 Å². The summed E-state index contributed by atoms with van der Waals surface area (Å²) in [4.78, 5) is 11.1. The van der Waals surface area contributed by atoms with Gasteiger partial charge in [-0.2, -0.15) is 12.6 Å². The van der Waals surface area contributed by atoms with Crippen molar-refractivity contribution in [3.05, 3.63) is 35.4 Å². The number of benzene rings is 1. The molecule has 17 heavy (non-hydrogen) atoms. The lowest BCUT2D eigenvalue weighted by Gasteiger charge is -1.95. The zero-order chi connectivity index (χ0) is 12.3. The molecule has 0 radical (unpaired) electrons. The maximum atomic E-state index is 11.1. The van der Waals surface area contributed by atoms with Gasteiger partial charge in [-0.15, -0.1) is 0 Å². The molecule has 0 unspecified atom stereocenters. The molecule has 6 heteroatoms. The Kier molecular flexibility index (Phi) is 3.71. The molecule has 4 nitrogen and oxygen atoms in total. The standard InChI is InChI=1S/C11H9ClN2O2S/c12-8-3-1-7(2-4-8)9-5-11(16-14-9)13-10(15)6-17/h1-5,17H,6H2,(H,13,15). The lowest BCUT2D eigenvalue weighted by Crippen LogP contribution is -2.11. The minimum absolute atomic E-state index is 0.0942. The maximum absolute atomic E-state index is 11.1. The Hall–Kier alpha value is -1.46. The molecule has 1 heterocycles. The Bertz CT molecular complexity index is 525. The molecule has 2 rings (SSSR count). The third kappa shape index (κ3) is 3.01. The van der Waals surface area contributed by atoms with Gasteiger partial charge in [0.05, 0.1) is 5.75 Å². The number of aromatic nitrogens is 1. The topological polar surface area (TPSA) is 55.1 Å². The van der Waals surface area contributed by atoms with E-state index in [9.17, 15) is 4.79 Å². The highest BCUT2D eigenvalue weighted by atomic mass is 35.5. The number of halogens is 1. The monoisotopic (exact) mass is 268 g/mol. The van der Waals surface area contributed by atoms with Crippen LogP contribution in [0, 0.1) is 0 Å². The summed E-state index contributed by atoms with van der Waals surface area (Å²) in [5.74, 6) is 0.151. The predicted octanol–water partition coefficient (Wildman–Crippen LogP) is 2.86. The molecule has 1 N–H and O–H groups in total. The Labute approximate surface area is 108 Å². The van der Waals surface area contributed by atoms with Crippen LogP contribution in [0.5, 0.6) is 0 Å². The molecule has 0 spiro atoms. The molecule has 1 aromatic heterocycles. The number of nitrogens with one attached hydrogen (secondary N) is 1. The van der Waals surface area contributed by atoms with Gasteiger partial charge in [-0.25, -0.2) is 0 Å². The average Bonchev–Trinajstić information content (AvgIpc) is 2.78. The van der Waals surface area contributed by atoms with E-state index in [4.69, 9.17) is 16.1 Å². The van der Waals surface area contributed by atoms with Gasteiger partial charge in [-0.05, 0) is 12.1 Å². The van der Waals surface area contributed by atoms with Crippen LogP contribution in [0.3, 0.4) is 0 Å². The molecule has 0 fully saturated rings. The van der Waals surface area contributed by atoms with Crippen molar-refractivity contribution in [2.45, 2.75) is 0 Å². The number of hydrogen-bond donors (Lipinski definition) is 2. The number of hydrogen-bond acceptors (Lipinski definition) is 4. The summed E-state index contributed by atoms with van der Waals surface area (Å²) in [6, 6.07) is 8.81. The second kappa shape index (κ2) is 5.25. The van der Waals surface area contributed by atoms with Gasteiger partial charge in [-0.3, -0.25) is 10.1 Å². The van der Waals surface area contributed by atoms with Crippen molar-refractivity contribution in [3.63, 3.8) is 0 Å². The largest absolute Gasteiger partial charge is 0.338 e. The van der Waals surface area contributed by atoms with Crippen molar-refractivity contribution in [1.82, 2.24) is 5.16 Å². The molecular weight excluding hydrogens is 260 g/mol. The molecule has 0 atom stereocenters. The summed E-state index contributed by atoms with van der Waals surface area (Å²) in [7, 11) is 0. The SMILES string of the molecule is O=C(CS)Nc1cc(-c2ccc(Cl)cc2)no1. The van der Waals surface area contributed by atoms with Crippen LogP contribution < -0.4 is 5.32 Å². The molecule has 0 aliphatic rings. The van der Waals surface area contributed by atoms with Crippen molar-refractivity contribution in [2.75, 3.05) is 11.1 Å². The molecule has 0 aliphatic heterocycles. The van der Waals surface area contributed by atoms with Gasteiger partial charge in [0.1, 0.15) is 5.69 Å². The van der Waals surface area contributed by atoms with Gasteiger partial charge in [0.25, 0.3) is 0 Å². The highest BCUT2D eigenvalue weighted by Crippen LogP contribution is 2.23. The van der Waals surface area contributed by atoms with Crippen molar-refractivity contribution in [3.8, 4) is 11.3 Å². The second-order valence-corrected chi connectivity index (χ2v) is 4.04. The summed E-state index contributed by atoms with van der Waals surface area (Å²) in [5, 5.41) is 7.02. The highest BCUT2D eigenvalue weighted by Gasteiger charge is 2.08. The fourth-order valence-electron chi connectivity index (χ4n) is 1.27. The van der Waals surface area contributed by atoms with Crippen LogP contribution in [-0.2, 0) is 4.79 Å². The molecule has 0 saturated heterocycles. The molecule has 2 aromatic rings. The lowest BCUT2D eigenvalue weighted by molar-refractivity contribution is -0.113. The summed E-state index contributed by atoms with van der Waals surface area (Å²) in [6.07, 6.45) is 0. The van der Waals surface area contributed by atoms with Crippen molar-refractivity contribution >= 4 is 36.0 Å². The average molecular weight is 269 g/mol. The van der Waals surface area contributed by atoms with Crippen LogP contribution in [0.1, 0.15) is 0 Å². The minimum atomic E-state index is -0.243. The van der Waals surface area contributed by atoms with E-state index < -0.39 is 0 Å². The number of anilines is 1. The van der Waals surface area contributed by atoms with E-state index in [1.807, 2.05) is 12.1 Å². The van der Waals surface area contributed by atoms with E-state index in [0.29, 0.717) is 16.6 Å². The molecule has 1 aromatic carbocycles. The molecule has 0 bridgehead atoms. The quantitative estimate of drug-likeness (QED) is 0.842. The van der Waals surface area contributed by atoms with Crippen LogP contribution in [0.4, 0.5) is 5.88 Å². The van der Waals surface area contributed by atoms with Crippen LogP contribution in [0.2, 0.25) is 5.02 Å². The Morgan fingerprint density at radius 2 is 2.12 bits per heavy atom. The summed E-state index contributed by atoms with van der Waals surface area (Å²) in [6.45, 7) is 0. The first kappa shape index (κ1) is 12.0. The first-order valence-corrected chi connectivity index (χ1v) is 5.83. The molecule has 88 valence electrons. The lowest BCUT2D eigenvalue weighted by atomic mass is 10.1. The van der Waals surface area contributed by atoms with Gasteiger partial charge < -0.3 is 4.52 Å². The molecule has 0 aliphatic carbocycles. The van der Waals surface area contributed by atoms with E-state index >= 15 is 0 Å². The van der Waals surface area contributed by atoms with Crippen LogP contribution >= 0.6 is 24.2 Å². The van der Waals surface area contributed by atoms with Gasteiger partial charge >= 0.3 is 0 Å². The Morgan fingerprint density at radius 1 is 1.41 bits per heavy atom. The van der Waals surface area contributed by atoms with Crippen LogP contribution in [0.15, 0.2) is 34.9 Å². The zero-order valence-electron chi connectivity index (χ0n) is 8.68. The number of thiol groups is 1. The third-order valence-electron chi connectivity index (χ3n) is 2.06. The number of amides is 1. The fraction of sp³-hybridized carbons (Fsp3) is 0.0909. The Balaban J connectivity index is 2.18. The molecular formula is C11H9ClN2O2S. The predicted molar refractivity (Wildman–Crippen MR) is 69.4 cm³/mol. The first-order chi connectivity index (χ1) is 8.19. The zero-order valence-corrected chi connectivity index (χ0v) is 10.3. The van der Waals surface area contributed by atoms with E-state index in [2.05, 4.69) is 23.1 Å². The summed E-state index contributed by atoms with van der Waals surface area (Å²) >= 11 is 9.63. The van der Waals surface area contributed by atoms with Gasteiger partial charge in [0, 0.05) is 16.7 Å². The van der Waals surface area contributed by atoms with E-state index in [1.165, 1.54) is 0 Å². The minimum Gasteiger partial charge on any atom is -0.338 e. The van der Waals surface area contributed by atoms with Crippen molar-refractivity contribution in [2.24, 2.45) is 0 Å². The third-order valence-corrected chi connectivity index (χ3v) is 2.60. The van der Waals surface area contributed by atoms with Crippen LogP contribution in [0.25, 0.3) is 11.3 Å². The number of carbonyl (C=O) groups is 1. The van der Waals surface area contributed by atoms with Gasteiger partial charge in [-0.1, -0.05) is 28.9 Å². The summed E-state index contributed by atoms with van der Waals surface area (Å²) in [5.41, 5.74) is 1.50. The normalized spacial score (nSPS) is 10.2. The van der Waals surface area contributed by atoms with Crippen molar-refractivity contribution < 1.29 is 9.32 Å². The maximum Gasteiger partial charge on any atom is 0.236 e. The van der Waals surface area contributed by atoms with Gasteiger partial charge in [0.2, 0.25) is 11.8 Å². The number of rotatable bonds is 3. The molecule has 1 amide bonds. The van der Waals surface area contributed by atoms with Crippen LogP contribution in [-0.4, -0.2) is 16.8 Å². The Morgan fingerprint density at radius 3 is 2.76 bits per heavy atom. The second-order valence-electron chi connectivity index (χ2n) is 3.29. The summed E-state index contributed by atoms with van der Waals surface area (Å²) < 4.78 is 4.97.